The van der Waals surface area contributed by atoms with Crippen LogP contribution in [0.3, 0.4) is 0 Å². The smallest absolute Gasteiger partial charge is 0.208 e. The Hall–Kier alpha value is -1.61. The maximum atomic E-state index is 5.56. The molecule has 1 atom stereocenters. The first-order valence-corrected chi connectivity index (χ1v) is 6.85. The molecule has 0 radical (unpaired) electrons. The van der Waals surface area contributed by atoms with Crippen LogP contribution < -0.4 is 5.32 Å². The molecule has 0 fully saturated rings. The fourth-order valence-electron chi connectivity index (χ4n) is 2.02. The SMILES string of the molecule is CCc1ccc([C@@H](C)NCc2nc(C)c(C)o2)cc1. The Balaban J connectivity index is 1.94. The Bertz CT molecular complexity index is 509. The number of oxazole rings is 1. The molecule has 0 aliphatic heterocycles. The van der Waals surface area contributed by atoms with Gasteiger partial charge >= 0.3 is 0 Å². The molecule has 0 bridgehead atoms. The Kier molecular flexibility index (Phi) is 4.38. The predicted octanol–water partition coefficient (Wildman–Crippen LogP) is 3.70. The molecule has 0 aliphatic carbocycles. The zero-order valence-electron chi connectivity index (χ0n) is 12.2. The summed E-state index contributed by atoms with van der Waals surface area (Å²) in [5.41, 5.74) is 3.63. The highest BCUT2D eigenvalue weighted by Crippen LogP contribution is 2.15. The topological polar surface area (TPSA) is 38.1 Å². The average Bonchev–Trinajstić information content (AvgIpc) is 2.75. The maximum Gasteiger partial charge on any atom is 0.208 e. The predicted molar refractivity (Wildman–Crippen MR) is 77.1 cm³/mol. The van der Waals surface area contributed by atoms with Gasteiger partial charge in [0.05, 0.1) is 12.2 Å². The minimum Gasteiger partial charge on any atom is -0.444 e. The molecule has 2 aromatic rings. The summed E-state index contributed by atoms with van der Waals surface area (Å²) >= 11 is 0. The van der Waals surface area contributed by atoms with E-state index in [1.807, 2.05) is 13.8 Å². The van der Waals surface area contributed by atoms with Gasteiger partial charge < -0.3 is 9.73 Å². The van der Waals surface area contributed by atoms with Gasteiger partial charge in [0.25, 0.3) is 0 Å². The molecule has 0 unspecified atom stereocenters. The van der Waals surface area contributed by atoms with E-state index in [1.54, 1.807) is 0 Å². The lowest BCUT2D eigenvalue weighted by Gasteiger charge is -2.13. The first-order valence-electron chi connectivity index (χ1n) is 6.85. The van der Waals surface area contributed by atoms with Crippen molar-refractivity contribution in [3.63, 3.8) is 0 Å². The van der Waals surface area contributed by atoms with Crippen LogP contribution in [0.1, 0.15) is 48.4 Å². The summed E-state index contributed by atoms with van der Waals surface area (Å²) in [7, 11) is 0. The van der Waals surface area contributed by atoms with Crippen LogP contribution in [0.25, 0.3) is 0 Å². The van der Waals surface area contributed by atoms with Gasteiger partial charge in [-0.15, -0.1) is 0 Å². The zero-order chi connectivity index (χ0) is 13.8. The summed E-state index contributed by atoms with van der Waals surface area (Å²) in [5.74, 6) is 1.66. The third kappa shape index (κ3) is 3.44. The number of nitrogens with zero attached hydrogens (tertiary/aromatic N) is 1. The molecule has 102 valence electrons. The number of benzene rings is 1. The van der Waals surface area contributed by atoms with Crippen molar-refractivity contribution < 1.29 is 4.42 Å². The minimum absolute atomic E-state index is 0.290. The number of hydrogen-bond acceptors (Lipinski definition) is 3. The van der Waals surface area contributed by atoms with E-state index in [1.165, 1.54) is 11.1 Å². The fourth-order valence-corrected chi connectivity index (χ4v) is 2.02. The van der Waals surface area contributed by atoms with E-state index in [9.17, 15) is 0 Å². The molecule has 1 N–H and O–H groups in total. The second kappa shape index (κ2) is 6.02. The van der Waals surface area contributed by atoms with Crippen molar-refractivity contribution in [3.8, 4) is 0 Å². The summed E-state index contributed by atoms with van der Waals surface area (Å²) in [6, 6.07) is 9.03. The molecule has 0 saturated heterocycles. The number of aromatic nitrogens is 1. The molecular formula is C16H22N2O. The molecule has 0 aliphatic rings. The third-order valence-corrected chi connectivity index (χ3v) is 3.52. The summed E-state index contributed by atoms with van der Waals surface area (Å²) in [4.78, 5) is 4.37. The van der Waals surface area contributed by atoms with Crippen LogP contribution in [-0.4, -0.2) is 4.98 Å². The fraction of sp³-hybridized carbons (Fsp3) is 0.438. The Morgan fingerprint density at radius 1 is 1.21 bits per heavy atom. The lowest BCUT2D eigenvalue weighted by atomic mass is 10.1. The van der Waals surface area contributed by atoms with Crippen molar-refractivity contribution in [1.29, 1.82) is 0 Å². The van der Waals surface area contributed by atoms with Gasteiger partial charge in [-0.25, -0.2) is 4.98 Å². The van der Waals surface area contributed by atoms with Crippen LogP contribution in [0.2, 0.25) is 0 Å². The molecule has 1 aromatic carbocycles. The maximum absolute atomic E-state index is 5.56. The highest BCUT2D eigenvalue weighted by Gasteiger charge is 2.08. The Morgan fingerprint density at radius 2 is 1.89 bits per heavy atom. The van der Waals surface area contributed by atoms with Crippen LogP contribution >= 0.6 is 0 Å². The minimum atomic E-state index is 0.290. The molecule has 3 heteroatoms. The molecule has 0 spiro atoms. The zero-order valence-corrected chi connectivity index (χ0v) is 12.2. The van der Waals surface area contributed by atoms with Gasteiger partial charge in [0.15, 0.2) is 0 Å². The molecule has 0 amide bonds. The molecule has 1 heterocycles. The van der Waals surface area contributed by atoms with Crippen molar-refractivity contribution in [3.05, 3.63) is 52.7 Å². The van der Waals surface area contributed by atoms with Gasteiger partial charge in [0.1, 0.15) is 5.76 Å². The monoisotopic (exact) mass is 258 g/mol. The van der Waals surface area contributed by atoms with Crippen molar-refractivity contribution in [2.45, 2.75) is 46.7 Å². The van der Waals surface area contributed by atoms with Crippen LogP contribution in [0.15, 0.2) is 28.7 Å². The summed E-state index contributed by atoms with van der Waals surface area (Å²) in [5, 5.41) is 3.44. The number of rotatable bonds is 5. The summed E-state index contributed by atoms with van der Waals surface area (Å²) in [6.45, 7) is 8.90. The molecular weight excluding hydrogens is 236 g/mol. The summed E-state index contributed by atoms with van der Waals surface area (Å²) in [6.07, 6.45) is 1.08. The van der Waals surface area contributed by atoms with E-state index in [2.05, 4.69) is 48.4 Å². The standard InChI is InChI=1S/C16H22N2O/c1-5-14-6-8-15(9-7-14)12(3)17-10-16-18-11(2)13(4)19-16/h6-9,12,17H,5,10H2,1-4H3/t12-/m1/s1. The average molecular weight is 258 g/mol. The molecule has 2 rings (SSSR count). The first-order chi connectivity index (χ1) is 9.10. The normalized spacial score (nSPS) is 12.6. The molecule has 3 nitrogen and oxygen atoms in total. The molecule has 19 heavy (non-hydrogen) atoms. The van der Waals surface area contributed by atoms with Gasteiger partial charge in [-0.05, 0) is 38.3 Å². The van der Waals surface area contributed by atoms with E-state index in [4.69, 9.17) is 4.42 Å². The Labute approximate surface area is 115 Å². The van der Waals surface area contributed by atoms with Crippen molar-refractivity contribution >= 4 is 0 Å². The number of hydrogen-bond donors (Lipinski definition) is 1. The second-order valence-corrected chi connectivity index (χ2v) is 4.95. The molecule has 0 saturated carbocycles. The van der Waals surface area contributed by atoms with Gasteiger partial charge in [-0.3, -0.25) is 0 Å². The quantitative estimate of drug-likeness (QED) is 0.888. The van der Waals surface area contributed by atoms with Crippen LogP contribution in [0.4, 0.5) is 0 Å². The lowest BCUT2D eigenvalue weighted by molar-refractivity contribution is 0.432. The van der Waals surface area contributed by atoms with Gasteiger partial charge in [-0.1, -0.05) is 31.2 Å². The first kappa shape index (κ1) is 13.8. The van der Waals surface area contributed by atoms with Crippen LogP contribution in [0, 0.1) is 13.8 Å². The molecule has 1 aromatic heterocycles. The highest BCUT2D eigenvalue weighted by molar-refractivity contribution is 5.24. The third-order valence-electron chi connectivity index (χ3n) is 3.52. The Morgan fingerprint density at radius 3 is 2.42 bits per heavy atom. The van der Waals surface area contributed by atoms with E-state index < -0.39 is 0 Å². The van der Waals surface area contributed by atoms with E-state index in [-0.39, 0.29) is 0 Å². The highest BCUT2D eigenvalue weighted by atomic mass is 16.4. The largest absolute Gasteiger partial charge is 0.444 e. The van der Waals surface area contributed by atoms with Gasteiger partial charge in [-0.2, -0.15) is 0 Å². The number of nitrogens with one attached hydrogen (secondary N) is 1. The van der Waals surface area contributed by atoms with E-state index in [0.717, 1.165) is 23.8 Å². The van der Waals surface area contributed by atoms with Crippen LogP contribution in [-0.2, 0) is 13.0 Å². The lowest BCUT2D eigenvalue weighted by Crippen LogP contribution is -2.18. The number of aryl methyl sites for hydroxylation is 3. The van der Waals surface area contributed by atoms with Gasteiger partial charge in [0, 0.05) is 6.04 Å². The summed E-state index contributed by atoms with van der Waals surface area (Å²) < 4.78 is 5.56. The van der Waals surface area contributed by atoms with E-state index in [0.29, 0.717) is 12.6 Å². The van der Waals surface area contributed by atoms with Crippen molar-refractivity contribution in [2.75, 3.05) is 0 Å². The van der Waals surface area contributed by atoms with Crippen molar-refractivity contribution in [1.82, 2.24) is 10.3 Å². The van der Waals surface area contributed by atoms with Crippen LogP contribution in [0.5, 0.6) is 0 Å². The second-order valence-electron chi connectivity index (χ2n) is 4.95. The van der Waals surface area contributed by atoms with Gasteiger partial charge in [0.2, 0.25) is 5.89 Å². The van der Waals surface area contributed by atoms with E-state index >= 15 is 0 Å². The van der Waals surface area contributed by atoms with Crippen molar-refractivity contribution in [2.24, 2.45) is 0 Å².